The molecule has 2 unspecified atom stereocenters. The van der Waals surface area contributed by atoms with Crippen LogP contribution in [0.15, 0.2) is 0 Å². The van der Waals surface area contributed by atoms with Crippen molar-refractivity contribution in [3.8, 4) is 0 Å². The van der Waals surface area contributed by atoms with Crippen molar-refractivity contribution in [2.75, 3.05) is 0 Å². The van der Waals surface area contributed by atoms with Gasteiger partial charge >= 0.3 is 11.9 Å². The van der Waals surface area contributed by atoms with Gasteiger partial charge in [-0.15, -0.1) is 0 Å². The van der Waals surface area contributed by atoms with E-state index in [2.05, 4.69) is 13.8 Å². The first-order valence-corrected chi connectivity index (χ1v) is 7.48. The first-order valence-electron chi connectivity index (χ1n) is 7.48. The lowest BCUT2D eigenvalue weighted by Gasteiger charge is -2.17. The number of hydrogen-bond acceptors (Lipinski definition) is 2. The van der Waals surface area contributed by atoms with E-state index in [0.717, 1.165) is 38.5 Å². The summed E-state index contributed by atoms with van der Waals surface area (Å²) in [6, 6.07) is 0. The zero-order valence-corrected chi connectivity index (χ0v) is 12.2. The fourth-order valence-electron chi connectivity index (χ4n) is 2.31. The molecular weight excluding hydrogens is 244 g/mol. The molecule has 0 saturated heterocycles. The molecule has 0 aliphatic heterocycles. The Morgan fingerprint density at radius 2 is 1.16 bits per heavy atom. The molecule has 0 amide bonds. The molecule has 0 spiro atoms. The normalized spacial score (nSPS) is 14.0. The Labute approximate surface area is 116 Å². The minimum atomic E-state index is -0.849. The Bertz CT molecular complexity index is 237. The van der Waals surface area contributed by atoms with E-state index >= 15 is 0 Å². The molecule has 0 aliphatic rings. The van der Waals surface area contributed by atoms with Gasteiger partial charge in [-0.2, -0.15) is 0 Å². The Hall–Kier alpha value is -1.06. The highest BCUT2D eigenvalue weighted by Gasteiger charge is 2.26. The highest BCUT2D eigenvalue weighted by molar-refractivity contribution is 5.73. The Morgan fingerprint density at radius 1 is 0.789 bits per heavy atom. The number of rotatable bonds is 12. The predicted molar refractivity (Wildman–Crippen MR) is 75.2 cm³/mol. The Kier molecular flexibility index (Phi) is 10.2. The number of hydrogen-bond donors (Lipinski definition) is 2. The number of carbonyl (C=O) groups is 2. The first kappa shape index (κ1) is 17.9. The minimum Gasteiger partial charge on any atom is -0.481 e. The summed E-state index contributed by atoms with van der Waals surface area (Å²) in [5, 5.41) is 18.4. The molecule has 112 valence electrons. The molecule has 0 heterocycles. The third kappa shape index (κ3) is 8.62. The Morgan fingerprint density at radius 3 is 1.42 bits per heavy atom. The smallest absolute Gasteiger partial charge is 0.306 e. The lowest BCUT2D eigenvalue weighted by Crippen LogP contribution is -2.23. The van der Waals surface area contributed by atoms with Gasteiger partial charge in [0.25, 0.3) is 0 Å². The average Bonchev–Trinajstić information content (AvgIpc) is 2.35. The maximum Gasteiger partial charge on any atom is 0.306 e. The average molecular weight is 272 g/mol. The monoisotopic (exact) mass is 272 g/mol. The molecule has 0 radical (unpaired) electrons. The van der Waals surface area contributed by atoms with Crippen LogP contribution in [0.1, 0.15) is 71.6 Å². The van der Waals surface area contributed by atoms with Crippen molar-refractivity contribution in [2.45, 2.75) is 71.6 Å². The van der Waals surface area contributed by atoms with Crippen LogP contribution < -0.4 is 0 Å². The van der Waals surface area contributed by atoms with Crippen molar-refractivity contribution in [1.29, 1.82) is 0 Å². The first-order chi connectivity index (χ1) is 9.02. The van der Waals surface area contributed by atoms with E-state index in [0.29, 0.717) is 12.8 Å². The summed E-state index contributed by atoms with van der Waals surface area (Å²) in [4.78, 5) is 22.4. The summed E-state index contributed by atoms with van der Waals surface area (Å²) < 4.78 is 0. The lowest BCUT2D eigenvalue weighted by atomic mass is 9.87. The largest absolute Gasteiger partial charge is 0.481 e. The molecule has 0 aliphatic carbocycles. The van der Waals surface area contributed by atoms with Crippen LogP contribution in [0.2, 0.25) is 0 Å². The van der Waals surface area contributed by atoms with Gasteiger partial charge < -0.3 is 10.2 Å². The van der Waals surface area contributed by atoms with Crippen molar-refractivity contribution in [3.05, 3.63) is 0 Å². The summed E-state index contributed by atoms with van der Waals surface area (Å²) in [5.41, 5.74) is 0. The van der Waals surface area contributed by atoms with Crippen molar-refractivity contribution in [3.63, 3.8) is 0 Å². The number of carboxylic acid groups (broad SMARTS) is 2. The van der Waals surface area contributed by atoms with Gasteiger partial charge in [0, 0.05) is 0 Å². The number of unbranched alkanes of at least 4 members (excludes halogenated alkanes) is 4. The molecule has 4 heteroatoms. The zero-order chi connectivity index (χ0) is 14.7. The van der Waals surface area contributed by atoms with Crippen molar-refractivity contribution >= 4 is 11.9 Å². The summed E-state index contributed by atoms with van der Waals surface area (Å²) in [6.07, 6.45) is 7.33. The second kappa shape index (κ2) is 10.8. The van der Waals surface area contributed by atoms with E-state index in [1.54, 1.807) is 0 Å². The van der Waals surface area contributed by atoms with Crippen LogP contribution in [-0.2, 0) is 9.59 Å². The summed E-state index contributed by atoms with van der Waals surface area (Å²) in [5.74, 6) is -2.71. The molecule has 2 atom stereocenters. The summed E-state index contributed by atoms with van der Waals surface area (Å²) in [7, 11) is 0. The van der Waals surface area contributed by atoms with Gasteiger partial charge in [-0.1, -0.05) is 52.4 Å². The summed E-state index contributed by atoms with van der Waals surface area (Å²) >= 11 is 0. The van der Waals surface area contributed by atoms with Gasteiger partial charge in [-0.25, -0.2) is 0 Å². The molecule has 4 nitrogen and oxygen atoms in total. The van der Waals surface area contributed by atoms with E-state index in [1.165, 1.54) is 0 Å². The molecule has 0 aromatic heterocycles. The molecule has 0 saturated carbocycles. The van der Waals surface area contributed by atoms with Gasteiger partial charge in [-0.05, 0) is 19.3 Å². The van der Waals surface area contributed by atoms with Crippen LogP contribution in [0.5, 0.6) is 0 Å². The zero-order valence-electron chi connectivity index (χ0n) is 12.2. The van der Waals surface area contributed by atoms with E-state index in [-0.39, 0.29) is 6.42 Å². The Balaban J connectivity index is 4.31. The fraction of sp³-hybridized carbons (Fsp3) is 0.867. The minimum absolute atomic E-state index is 0.276. The van der Waals surface area contributed by atoms with E-state index in [9.17, 15) is 19.8 Å². The van der Waals surface area contributed by atoms with Crippen LogP contribution in [0.3, 0.4) is 0 Å². The highest BCUT2D eigenvalue weighted by atomic mass is 16.4. The van der Waals surface area contributed by atoms with Gasteiger partial charge in [0.15, 0.2) is 0 Å². The second-order valence-corrected chi connectivity index (χ2v) is 5.30. The van der Waals surface area contributed by atoms with Crippen LogP contribution in [0, 0.1) is 11.8 Å². The summed E-state index contributed by atoms with van der Waals surface area (Å²) in [6.45, 7) is 4.14. The van der Waals surface area contributed by atoms with E-state index in [1.807, 2.05) is 0 Å². The molecule has 0 aromatic carbocycles. The molecule has 0 fully saturated rings. The maximum atomic E-state index is 11.2. The molecule has 0 aromatic rings. The van der Waals surface area contributed by atoms with E-state index < -0.39 is 23.8 Å². The van der Waals surface area contributed by atoms with Crippen molar-refractivity contribution in [1.82, 2.24) is 0 Å². The van der Waals surface area contributed by atoms with Crippen molar-refractivity contribution < 1.29 is 19.8 Å². The topological polar surface area (TPSA) is 74.6 Å². The van der Waals surface area contributed by atoms with Gasteiger partial charge in [-0.3, -0.25) is 9.59 Å². The van der Waals surface area contributed by atoms with Gasteiger partial charge in [0.05, 0.1) is 11.8 Å². The van der Waals surface area contributed by atoms with Crippen LogP contribution >= 0.6 is 0 Å². The standard InChI is InChI=1S/C15H28O4/c1-3-5-7-9-12(14(16)17)11-13(15(18)19)10-8-6-4-2/h12-13H,3-11H2,1-2H3,(H,16,17)(H,18,19). The van der Waals surface area contributed by atoms with Crippen LogP contribution in [0.25, 0.3) is 0 Å². The molecule has 19 heavy (non-hydrogen) atoms. The molecule has 2 N–H and O–H groups in total. The SMILES string of the molecule is CCCCCC(CC(CCCCC)C(=O)O)C(=O)O. The van der Waals surface area contributed by atoms with E-state index in [4.69, 9.17) is 0 Å². The predicted octanol–water partition coefficient (Wildman–Crippen LogP) is 3.94. The van der Waals surface area contributed by atoms with Gasteiger partial charge in [0.2, 0.25) is 0 Å². The third-order valence-electron chi connectivity index (χ3n) is 3.58. The number of aliphatic carboxylic acids is 2. The van der Waals surface area contributed by atoms with Crippen molar-refractivity contribution in [2.24, 2.45) is 11.8 Å². The fourth-order valence-corrected chi connectivity index (χ4v) is 2.31. The van der Waals surface area contributed by atoms with Crippen LogP contribution in [-0.4, -0.2) is 22.2 Å². The second-order valence-electron chi connectivity index (χ2n) is 5.30. The number of carboxylic acids is 2. The van der Waals surface area contributed by atoms with Gasteiger partial charge in [0.1, 0.15) is 0 Å². The van der Waals surface area contributed by atoms with Crippen LogP contribution in [0.4, 0.5) is 0 Å². The lowest BCUT2D eigenvalue weighted by molar-refractivity contribution is -0.146. The highest BCUT2D eigenvalue weighted by Crippen LogP contribution is 2.23. The quantitative estimate of drug-likeness (QED) is 0.528. The third-order valence-corrected chi connectivity index (χ3v) is 3.58. The maximum absolute atomic E-state index is 11.2. The molecule has 0 rings (SSSR count). The molecular formula is C15H28O4. The molecule has 0 bridgehead atoms.